The summed E-state index contributed by atoms with van der Waals surface area (Å²) in [6.07, 6.45) is 0.607. The zero-order valence-electron chi connectivity index (χ0n) is 13.8. The van der Waals surface area contributed by atoms with Gasteiger partial charge in [0.15, 0.2) is 9.84 Å². The maximum Gasteiger partial charge on any atom is 0.227 e. The molecular formula is C19H20ClNO3S. The highest BCUT2D eigenvalue weighted by atomic mass is 35.5. The first-order valence-electron chi connectivity index (χ1n) is 8.25. The molecule has 0 spiro atoms. The van der Waals surface area contributed by atoms with Gasteiger partial charge in [0.25, 0.3) is 0 Å². The number of amides is 1. The Kier molecular flexibility index (Phi) is 5.45. The van der Waals surface area contributed by atoms with Crippen molar-refractivity contribution in [1.82, 2.24) is 4.90 Å². The molecule has 0 saturated carbocycles. The van der Waals surface area contributed by atoms with Crippen molar-refractivity contribution in [3.05, 3.63) is 70.7 Å². The van der Waals surface area contributed by atoms with Gasteiger partial charge in [-0.05, 0) is 23.6 Å². The Morgan fingerprint density at radius 3 is 2.44 bits per heavy atom. The van der Waals surface area contributed by atoms with E-state index in [1.807, 2.05) is 48.5 Å². The van der Waals surface area contributed by atoms with E-state index in [1.54, 1.807) is 11.0 Å². The third kappa shape index (κ3) is 4.22. The number of carbonyl (C=O) groups is 1. The summed E-state index contributed by atoms with van der Waals surface area (Å²) in [5.74, 6) is -0.0992. The lowest BCUT2D eigenvalue weighted by atomic mass is 10.1. The second-order valence-electron chi connectivity index (χ2n) is 6.20. The third-order valence-corrected chi connectivity index (χ3v) is 7.06. The van der Waals surface area contributed by atoms with Crippen LogP contribution in [0.15, 0.2) is 54.6 Å². The van der Waals surface area contributed by atoms with Crippen molar-refractivity contribution in [2.24, 2.45) is 0 Å². The highest BCUT2D eigenvalue weighted by molar-refractivity contribution is 7.91. The number of benzene rings is 2. The molecule has 132 valence electrons. The Morgan fingerprint density at radius 2 is 1.72 bits per heavy atom. The first-order chi connectivity index (χ1) is 12.0. The molecule has 0 aliphatic carbocycles. The van der Waals surface area contributed by atoms with Crippen molar-refractivity contribution in [3.8, 4) is 0 Å². The van der Waals surface area contributed by atoms with Crippen LogP contribution >= 0.6 is 11.6 Å². The Morgan fingerprint density at radius 1 is 1.04 bits per heavy atom. The predicted molar refractivity (Wildman–Crippen MR) is 99.3 cm³/mol. The van der Waals surface area contributed by atoms with Crippen molar-refractivity contribution in [3.63, 3.8) is 0 Å². The van der Waals surface area contributed by atoms with Crippen LogP contribution in [0.2, 0.25) is 5.02 Å². The maximum atomic E-state index is 12.6. The summed E-state index contributed by atoms with van der Waals surface area (Å²) in [5.41, 5.74) is 1.56. The monoisotopic (exact) mass is 377 g/mol. The van der Waals surface area contributed by atoms with Gasteiger partial charge in [0, 0.05) is 18.1 Å². The van der Waals surface area contributed by atoms with Gasteiger partial charge in [-0.25, -0.2) is 8.42 Å². The van der Waals surface area contributed by atoms with Crippen LogP contribution in [0.3, 0.4) is 0 Å². The van der Waals surface area contributed by atoms with Gasteiger partial charge in [0.2, 0.25) is 5.91 Å². The van der Waals surface area contributed by atoms with Crippen molar-refractivity contribution < 1.29 is 13.2 Å². The molecule has 1 atom stereocenters. The molecule has 0 bridgehead atoms. The smallest absolute Gasteiger partial charge is 0.227 e. The fourth-order valence-electron chi connectivity index (χ4n) is 3.15. The minimum absolute atomic E-state index is 0.0131. The molecule has 1 saturated heterocycles. The zero-order chi connectivity index (χ0) is 17.9. The minimum Gasteiger partial charge on any atom is -0.341 e. The quantitative estimate of drug-likeness (QED) is 0.824. The van der Waals surface area contributed by atoms with Crippen LogP contribution in [0, 0.1) is 0 Å². The second kappa shape index (κ2) is 7.58. The van der Waals surface area contributed by atoms with E-state index in [0.717, 1.165) is 11.1 Å². The van der Waals surface area contributed by atoms with Crippen LogP contribution in [-0.2, 0) is 21.1 Å². The number of rotatable bonds is 3. The van der Waals surface area contributed by atoms with Crippen LogP contribution in [0.4, 0.5) is 0 Å². The molecule has 1 aliphatic heterocycles. The second-order valence-corrected chi connectivity index (χ2v) is 8.91. The average molecular weight is 378 g/mol. The van der Waals surface area contributed by atoms with Gasteiger partial charge in [-0.15, -0.1) is 0 Å². The van der Waals surface area contributed by atoms with Crippen LogP contribution in [0.5, 0.6) is 0 Å². The Labute approximate surface area is 153 Å². The summed E-state index contributed by atoms with van der Waals surface area (Å²) >= 11 is 6.12. The van der Waals surface area contributed by atoms with E-state index in [-0.39, 0.29) is 24.6 Å². The van der Waals surface area contributed by atoms with E-state index in [4.69, 9.17) is 11.6 Å². The number of hydrogen-bond acceptors (Lipinski definition) is 3. The van der Waals surface area contributed by atoms with E-state index in [0.29, 0.717) is 18.0 Å². The highest BCUT2D eigenvalue weighted by Crippen LogP contribution is 2.29. The van der Waals surface area contributed by atoms with Crippen molar-refractivity contribution in [2.75, 3.05) is 18.8 Å². The summed E-state index contributed by atoms with van der Waals surface area (Å²) in [5, 5.41) is 0.00673. The number of hydrogen-bond donors (Lipinski definition) is 0. The van der Waals surface area contributed by atoms with Gasteiger partial charge in [-0.2, -0.15) is 0 Å². The SMILES string of the molecule is O=C(Cc1ccccc1Cl)N1CCC(c2ccccc2)S(=O)(=O)CC1. The minimum atomic E-state index is -3.28. The van der Waals surface area contributed by atoms with Crippen LogP contribution in [0.25, 0.3) is 0 Å². The Bertz CT molecular complexity index is 852. The lowest BCUT2D eigenvalue weighted by Gasteiger charge is -2.20. The Hall–Kier alpha value is -1.85. The molecule has 25 heavy (non-hydrogen) atoms. The fourth-order valence-corrected chi connectivity index (χ4v) is 5.15. The number of sulfone groups is 1. The van der Waals surface area contributed by atoms with E-state index in [1.165, 1.54) is 0 Å². The van der Waals surface area contributed by atoms with Crippen LogP contribution in [-0.4, -0.2) is 38.1 Å². The summed E-state index contributed by atoms with van der Waals surface area (Å²) in [6, 6.07) is 16.5. The van der Waals surface area contributed by atoms with Gasteiger partial charge in [-0.1, -0.05) is 60.1 Å². The Balaban J connectivity index is 1.74. The summed E-state index contributed by atoms with van der Waals surface area (Å²) in [4.78, 5) is 14.2. The van der Waals surface area contributed by atoms with Gasteiger partial charge < -0.3 is 4.90 Å². The molecule has 1 aliphatic rings. The van der Waals surface area contributed by atoms with Crippen LogP contribution < -0.4 is 0 Å². The number of carbonyl (C=O) groups excluding carboxylic acids is 1. The zero-order valence-corrected chi connectivity index (χ0v) is 15.3. The summed E-state index contributed by atoms with van der Waals surface area (Å²) in [6.45, 7) is 0.664. The third-order valence-electron chi connectivity index (χ3n) is 4.56. The van der Waals surface area contributed by atoms with Gasteiger partial charge in [0.05, 0.1) is 17.4 Å². The normalized spacial score (nSPS) is 20.0. The molecule has 0 aromatic heterocycles. The van der Waals surface area contributed by atoms with E-state index in [2.05, 4.69) is 0 Å². The molecule has 1 amide bonds. The van der Waals surface area contributed by atoms with Gasteiger partial charge in [0.1, 0.15) is 0 Å². The van der Waals surface area contributed by atoms with E-state index < -0.39 is 15.1 Å². The summed E-state index contributed by atoms with van der Waals surface area (Å²) in [7, 11) is -3.28. The molecule has 6 heteroatoms. The molecule has 1 heterocycles. The molecular weight excluding hydrogens is 358 g/mol. The lowest BCUT2D eigenvalue weighted by Crippen LogP contribution is -2.34. The first-order valence-corrected chi connectivity index (χ1v) is 10.3. The van der Waals surface area contributed by atoms with E-state index >= 15 is 0 Å². The van der Waals surface area contributed by atoms with Gasteiger partial charge in [-0.3, -0.25) is 4.79 Å². The highest BCUT2D eigenvalue weighted by Gasteiger charge is 2.32. The van der Waals surface area contributed by atoms with Crippen LogP contribution in [0.1, 0.15) is 22.8 Å². The van der Waals surface area contributed by atoms with Crippen molar-refractivity contribution >= 4 is 27.3 Å². The molecule has 4 nitrogen and oxygen atoms in total. The molecule has 0 radical (unpaired) electrons. The molecule has 0 N–H and O–H groups in total. The molecule has 2 aromatic rings. The lowest BCUT2D eigenvalue weighted by molar-refractivity contribution is -0.130. The maximum absolute atomic E-state index is 12.6. The topological polar surface area (TPSA) is 54.5 Å². The molecule has 3 rings (SSSR count). The first kappa shape index (κ1) is 18.0. The largest absolute Gasteiger partial charge is 0.341 e. The van der Waals surface area contributed by atoms with Crippen molar-refractivity contribution in [2.45, 2.75) is 18.1 Å². The molecule has 2 aromatic carbocycles. The fraction of sp³-hybridized carbons (Fsp3) is 0.316. The average Bonchev–Trinajstić information content (AvgIpc) is 2.76. The standard InChI is InChI=1S/C19H20ClNO3S/c20-17-9-5-4-8-16(17)14-19(22)21-11-10-18(25(23,24)13-12-21)15-6-2-1-3-7-15/h1-9,18H,10-14H2. The molecule has 1 unspecified atom stereocenters. The predicted octanol–water partition coefficient (Wildman–Crippen LogP) is 3.27. The van der Waals surface area contributed by atoms with E-state index in [9.17, 15) is 13.2 Å². The number of halogens is 1. The van der Waals surface area contributed by atoms with Crippen molar-refractivity contribution in [1.29, 1.82) is 0 Å². The number of nitrogens with zero attached hydrogens (tertiary/aromatic N) is 1. The van der Waals surface area contributed by atoms with Gasteiger partial charge >= 0.3 is 0 Å². The molecule has 1 fully saturated rings. The summed E-state index contributed by atoms with van der Waals surface area (Å²) < 4.78 is 25.2.